The largest absolute Gasteiger partial charge is 0.377 e. The van der Waals surface area contributed by atoms with Gasteiger partial charge in [-0.1, -0.05) is 26.0 Å². The molecule has 1 N–H and O–H groups in total. The van der Waals surface area contributed by atoms with E-state index in [0.29, 0.717) is 5.25 Å². The monoisotopic (exact) mass is 237 g/mol. The Morgan fingerprint density at radius 2 is 1.88 bits per heavy atom. The van der Waals surface area contributed by atoms with Gasteiger partial charge < -0.3 is 10.1 Å². The molecule has 3 heteroatoms. The normalized spacial score (nSPS) is 18.5. The van der Waals surface area contributed by atoms with Crippen LogP contribution in [-0.2, 0) is 10.3 Å². The molecule has 16 heavy (non-hydrogen) atoms. The van der Waals surface area contributed by atoms with Gasteiger partial charge in [0.05, 0.1) is 18.8 Å². The van der Waals surface area contributed by atoms with Crippen molar-refractivity contribution in [2.75, 3.05) is 20.3 Å². The summed E-state index contributed by atoms with van der Waals surface area (Å²) in [5, 5.41) is 3.99. The quantitative estimate of drug-likeness (QED) is 0.813. The molecule has 0 aliphatic carbocycles. The van der Waals surface area contributed by atoms with E-state index in [0.717, 1.165) is 13.2 Å². The van der Waals surface area contributed by atoms with Crippen molar-refractivity contribution in [2.24, 2.45) is 0 Å². The lowest BCUT2D eigenvalue weighted by Crippen LogP contribution is -2.56. The molecular weight excluding hydrogens is 218 g/mol. The maximum absolute atomic E-state index is 5.31. The molecule has 2 nitrogen and oxygen atoms in total. The van der Waals surface area contributed by atoms with Crippen molar-refractivity contribution in [1.29, 1.82) is 0 Å². The fourth-order valence-corrected chi connectivity index (χ4v) is 2.72. The van der Waals surface area contributed by atoms with Gasteiger partial charge in [0.2, 0.25) is 0 Å². The zero-order valence-electron chi connectivity index (χ0n) is 10.1. The van der Waals surface area contributed by atoms with E-state index >= 15 is 0 Å². The highest BCUT2D eigenvalue weighted by atomic mass is 32.2. The van der Waals surface area contributed by atoms with Crippen LogP contribution in [0.2, 0.25) is 0 Å². The second-order valence-corrected chi connectivity index (χ2v) is 6.17. The van der Waals surface area contributed by atoms with Crippen LogP contribution in [0.15, 0.2) is 29.2 Å². The fourth-order valence-electron chi connectivity index (χ4n) is 1.89. The van der Waals surface area contributed by atoms with Gasteiger partial charge in [-0.25, -0.2) is 0 Å². The first-order valence-corrected chi connectivity index (χ1v) is 6.58. The van der Waals surface area contributed by atoms with Crippen molar-refractivity contribution in [2.45, 2.75) is 29.5 Å². The molecule has 0 atom stereocenters. The SMILES string of the molecule is CNC1(c2ccc(SC(C)C)cc2)COC1. The van der Waals surface area contributed by atoms with Gasteiger partial charge in [0.15, 0.2) is 0 Å². The summed E-state index contributed by atoms with van der Waals surface area (Å²) in [4.78, 5) is 1.34. The van der Waals surface area contributed by atoms with Crippen LogP contribution in [0.4, 0.5) is 0 Å². The number of likely N-dealkylation sites (N-methyl/N-ethyl adjacent to an activating group) is 1. The van der Waals surface area contributed by atoms with Crippen LogP contribution in [0, 0.1) is 0 Å². The Morgan fingerprint density at radius 3 is 2.25 bits per heavy atom. The Hall–Kier alpha value is -0.510. The average molecular weight is 237 g/mol. The molecule has 1 aromatic carbocycles. The van der Waals surface area contributed by atoms with Crippen LogP contribution in [0.25, 0.3) is 0 Å². The van der Waals surface area contributed by atoms with E-state index in [-0.39, 0.29) is 5.54 Å². The highest BCUT2D eigenvalue weighted by Crippen LogP contribution is 2.31. The van der Waals surface area contributed by atoms with Crippen molar-refractivity contribution < 1.29 is 4.74 Å². The molecule has 1 fully saturated rings. The summed E-state index contributed by atoms with van der Waals surface area (Å²) in [6.45, 7) is 5.99. The molecule has 88 valence electrons. The summed E-state index contributed by atoms with van der Waals surface area (Å²) in [5.41, 5.74) is 1.38. The molecule has 0 saturated carbocycles. The van der Waals surface area contributed by atoms with Gasteiger partial charge in [0.1, 0.15) is 0 Å². The molecule has 0 bridgehead atoms. The van der Waals surface area contributed by atoms with Crippen LogP contribution in [0.5, 0.6) is 0 Å². The molecule has 0 unspecified atom stereocenters. The smallest absolute Gasteiger partial charge is 0.0906 e. The number of hydrogen-bond acceptors (Lipinski definition) is 3. The van der Waals surface area contributed by atoms with Crippen molar-refractivity contribution >= 4 is 11.8 Å². The van der Waals surface area contributed by atoms with E-state index in [1.165, 1.54) is 10.5 Å². The zero-order valence-corrected chi connectivity index (χ0v) is 10.9. The van der Waals surface area contributed by atoms with E-state index in [1.807, 2.05) is 18.8 Å². The Balaban J connectivity index is 2.12. The standard InChI is InChI=1S/C13H19NOS/c1-10(2)16-12-6-4-11(5-7-12)13(14-3)8-15-9-13/h4-7,10,14H,8-9H2,1-3H3. The van der Waals surface area contributed by atoms with E-state index in [9.17, 15) is 0 Å². The topological polar surface area (TPSA) is 21.3 Å². The van der Waals surface area contributed by atoms with Gasteiger partial charge in [-0.15, -0.1) is 11.8 Å². The lowest BCUT2D eigenvalue weighted by atomic mass is 9.88. The van der Waals surface area contributed by atoms with E-state index in [4.69, 9.17) is 4.74 Å². The fraction of sp³-hybridized carbons (Fsp3) is 0.538. The molecule has 1 heterocycles. The number of thioether (sulfide) groups is 1. The second kappa shape index (κ2) is 4.78. The number of rotatable bonds is 4. The predicted octanol–water partition coefficient (Wildman–Crippen LogP) is 2.63. The van der Waals surface area contributed by atoms with Crippen molar-refractivity contribution in [3.05, 3.63) is 29.8 Å². The minimum absolute atomic E-state index is 0.0566. The average Bonchev–Trinajstić information content (AvgIpc) is 2.19. The van der Waals surface area contributed by atoms with Crippen LogP contribution >= 0.6 is 11.8 Å². The van der Waals surface area contributed by atoms with Gasteiger partial charge >= 0.3 is 0 Å². The van der Waals surface area contributed by atoms with Crippen molar-refractivity contribution in [3.8, 4) is 0 Å². The first-order chi connectivity index (χ1) is 7.66. The van der Waals surface area contributed by atoms with Crippen LogP contribution in [0.3, 0.4) is 0 Å². The molecule has 1 saturated heterocycles. The van der Waals surface area contributed by atoms with E-state index in [1.54, 1.807) is 0 Å². The molecular formula is C13H19NOS. The van der Waals surface area contributed by atoms with Gasteiger partial charge in [0, 0.05) is 10.1 Å². The van der Waals surface area contributed by atoms with E-state index in [2.05, 4.69) is 43.4 Å². The van der Waals surface area contributed by atoms with Gasteiger partial charge in [-0.05, 0) is 24.7 Å². The Kier molecular flexibility index (Phi) is 3.57. The number of hydrogen-bond donors (Lipinski definition) is 1. The third-order valence-electron chi connectivity index (χ3n) is 2.95. The molecule has 1 aliphatic heterocycles. The third kappa shape index (κ3) is 2.26. The predicted molar refractivity (Wildman–Crippen MR) is 69.0 cm³/mol. The lowest BCUT2D eigenvalue weighted by Gasteiger charge is -2.41. The molecule has 0 spiro atoms. The van der Waals surface area contributed by atoms with Gasteiger partial charge in [-0.3, -0.25) is 0 Å². The van der Waals surface area contributed by atoms with Crippen molar-refractivity contribution in [1.82, 2.24) is 5.32 Å². The summed E-state index contributed by atoms with van der Waals surface area (Å²) in [6, 6.07) is 8.84. The molecule has 0 aromatic heterocycles. The van der Waals surface area contributed by atoms with Crippen LogP contribution in [0.1, 0.15) is 19.4 Å². The first-order valence-electron chi connectivity index (χ1n) is 5.70. The Morgan fingerprint density at radius 1 is 1.25 bits per heavy atom. The summed E-state index contributed by atoms with van der Waals surface area (Å²) < 4.78 is 5.31. The Labute approximate surface area is 102 Å². The zero-order chi connectivity index (χ0) is 11.6. The maximum atomic E-state index is 5.31. The van der Waals surface area contributed by atoms with Gasteiger partial charge in [-0.2, -0.15) is 0 Å². The molecule has 2 rings (SSSR count). The number of benzene rings is 1. The molecule has 1 aliphatic rings. The van der Waals surface area contributed by atoms with Gasteiger partial charge in [0.25, 0.3) is 0 Å². The van der Waals surface area contributed by atoms with E-state index < -0.39 is 0 Å². The highest BCUT2D eigenvalue weighted by molar-refractivity contribution is 7.99. The molecule has 0 amide bonds. The highest BCUT2D eigenvalue weighted by Gasteiger charge is 2.38. The first kappa shape index (κ1) is 12.0. The van der Waals surface area contributed by atoms with Crippen LogP contribution < -0.4 is 5.32 Å². The lowest BCUT2D eigenvalue weighted by molar-refractivity contribution is -0.0748. The molecule has 1 aromatic rings. The third-order valence-corrected chi connectivity index (χ3v) is 3.97. The summed E-state index contributed by atoms with van der Waals surface area (Å²) in [6.07, 6.45) is 0. The number of nitrogens with one attached hydrogen (secondary N) is 1. The summed E-state index contributed by atoms with van der Waals surface area (Å²) in [7, 11) is 2.00. The van der Waals surface area contributed by atoms with Crippen molar-refractivity contribution in [3.63, 3.8) is 0 Å². The summed E-state index contributed by atoms with van der Waals surface area (Å²) >= 11 is 1.90. The number of ether oxygens (including phenoxy) is 1. The second-order valence-electron chi connectivity index (χ2n) is 4.52. The van der Waals surface area contributed by atoms with Crippen LogP contribution in [-0.4, -0.2) is 25.5 Å². The summed E-state index contributed by atoms with van der Waals surface area (Å²) in [5.74, 6) is 0. The molecule has 0 radical (unpaired) electrons. The minimum atomic E-state index is 0.0566. The maximum Gasteiger partial charge on any atom is 0.0906 e. The Bertz CT molecular complexity index is 338. The minimum Gasteiger partial charge on any atom is -0.377 e.